The van der Waals surface area contributed by atoms with Gasteiger partial charge in [0, 0.05) is 23.8 Å². The van der Waals surface area contributed by atoms with Gasteiger partial charge in [0.25, 0.3) is 5.91 Å². The Morgan fingerprint density at radius 2 is 2.00 bits per heavy atom. The lowest BCUT2D eigenvalue weighted by molar-refractivity contribution is 0.100. The molecular formula is C26H27BrF2N6O2. The molecule has 11 heteroatoms. The zero-order chi connectivity index (χ0) is 26.5. The number of nitrogens with two attached hydrogens (primary N) is 1. The Hall–Kier alpha value is -3.57. The second-order valence-corrected chi connectivity index (χ2v) is 9.51. The number of carbonyl (C=O) groups is 1. The molecule has 37 heavy (non-hydrogen) atoms. The number of unbranched alkanes of at least 4 members (excludes halogenated alkanes) is 1. The highest BCUT2D eigenvalue weighted by atomic mass is 79.9. The summed E-state index contributed by atoms with van der Waals surface area (Å²) in [5.41, 5.74) is 7.82. The third-order valence-electron chi connectivity index (χ3n) is 6.05. The monoisotopic (exact) mass is 572 g/mol. The largest absolute Gasteiger partial charge is 0.495 e. The Bertz CT molecular complexity index is 1310. The summed E-state index contributed by atoms with van der Waals surface area (Å²) in [6.07, 6.45) is 6.05. The lowest BCUT2D eigenvalue weighted by Crippen LogP contribution is -2.31. The third-order valence-corrected chi connectivity index (χ3v) is 6.50. The van der Waals surface area contributed by atoms with Gasteiger partial charge >= 0.3 is 0 Å². The summed E-state index contributed by atoms with van der Waals surface area (Å²) in [6.45, 7) is 6.53. The Kier molecular flexibility index (Phi) is 8.34. The summed E-state index contributed by atoms with van der Waals surface area (Å²) in [4.78, 5) is 22.8. The molecule has 3 aromatic rings. The summed E-state index contributed by atoms with van der Waals surface area (Å²) in [6, 6.07) is 6.16. The van der Waals surface area contributed by atoms with Crippen LogP contribution in [-0.2, 0) is 13.0 Å². The number of hydrogen-bond acceptors (Lipinski definition) is 7. The number of ether oxygens (including phenoxy) is 1. The molecule has 4 rings (SSSR count). The van der Waals surface area contributed by atoms with E-state index in [1.54, 1.807) is 7.11 Å². The molecule has 1 aliphatic heterocycles. The van der Waals surface area contributed by atoms with Crippen LogP contribution in [0.2, 0.25) is 0 Å². The number of rotatable bonds is 10. The van der Waals surface area contributed by atoms with Gasteiger partial charge in [-0.25, -0.2) is 13.8 Å². The van der Waals surface area contributed by atoms with Crippen molar-refractivity contribution in [2.45, 2.75) is 25.8 Å². The number of fused-ring (bicyclic) bond motifs is 1. The van der Waals surface area contributed by atoms with E-state index in [1.807, 2.05) is 18.2 Å². The topological polar surface area (TPSA) is 105 Å². The fraction of sp³-hybridized carbons (Fsp3) is 0.269. The number of nitrogens with one attached hydrogen (secondary N) is 2. The summed E-state index contributed by atoms with van der Waals surface area (Å²) in [7, 11) is 1.57. The van der Waals surface area contributed by atoms with Crippen LogP contribution < -0.4 is 21.1 Å². The van der Waals surface area contributed by atoms with Gasteiger partial charge in [-0.15, -0.1) is 6.58 Å². The van der Waals surface area contributed by atoms with E-state index < -0.39 is 23.2 Å². The highest BCUT2D eigenvalue weighted by molar-refractivity contribution is 9.10. The van der Waals surface area contributed by atoms with Crippen LogP contribution in [0.25, 0.3) is 0 Å². The number of amides is 1. The minimum atomic E-state index is -0.871. The molecule has 194 valence electrons. The van der Waals surface area contributed by atoms with Crippen molar-refractivity contribution in [2.75, 3.05) is 30.8 Å². The van der Waals surface area contributed by atoms with Crippen molar-refractivity contribution in [3.8, 4) is 5.75 Å². The fourth-order valence-corrected chi connectivity index (χ4v) is 4.58. The molecule has 2 aromatic carbocycles. The van der Waals surface area contributed by atoms with Crippen molar-refractivity contribution < 1.29 is 18.3 Å². The van der Waals surface area contributed by atoms with Crippen molar-refractivity contribution in [1.82, 2.24) is 14.9 Å². The number of carbonyl (C=O) groups excluding carboxylic acids is 1. The quantitative estimate of drug-likeness (QED) is 0.219. The SMILES string of the molecule is C=CCCCN1CCc2cc(OC)c(Nc3ncc(C(N)=O)c(Nc4c(F)cc(Br)cc4F)n3)cc2C1. The van der Waals surface area contributed by atoms with Gasteiger partial charge in [-0.3, -0.25) is 9.69 Å². The van der Waals surface area contributed by atoms with Gasteiger partial charge in [0.2, 0.25) is 5.95 Å². The summed E-state index contributed by atoms with van der Waals surface area (Å²) >= 11 is 3.04. The first-order chi connectivity index (χ1) is 17.8. The maximum atomic E-state index is 14.4. The minimum absolute atomic E-state index is 0.0855. The van der Waals surface area contributed by atoms with E-state index in [-0.39, 0.29) is 21.8 Å². The van der Waals surface area contributed by atoms with Crippen LogP contribution >= 0.6 is 15.9 Å². The van der Waals surface area contributed by atoms with Crippen LogP contribution in [0.3, 0.4) is 0 Å². The van der Waals surface area contributed by atoms with Crippen LogP contribution in [-0.4, -0.2) is 41.0 Å². The molecule has 0 spiro atoms. The van der Waals surface area contributed by atoms with E-state index in [9.17, 15) is 13.6 Å². The molecule has 8 nitrogen and oxygen atoms in total. The van der Waals surface area contributed by atoms with E-state index in [1.165, 1.54) is 11.8 Å². The average Bonchev–Trinajstić information content (AvgIpc) is 2.86. The van der Waals surface area contributed by atoms with Crippen molar-refractivity contribution >= 4 is 45.0 Å². The molecule has 0 aliphatic carbocycles. The number of anilines is 4. The number of allylic oxidation sites excluding steroid dienone is 1. The molecule has 0 unspecified atom stereocenters. The van der Waals surface area contributed by atoms with Gasteiger partial charge in [0.15, 0.2) is 11.6 Å². The zero-order valence-corrected chi connectivity index (χ0v) is 21.9. The van der Waals surface area contributed by atoms with Crippen LogP contribution in [0.15, 0.2) is 47.6 Å². The molecule has 0 radical (unpaired) electrons. The molecule has 2 heterocycles. The maximum Gasteiger partial charge on any atom is 0.254 e. The zero-order valence-electron chi connectivity index (χ0n) is 20.3. The number of aromatic nitrogens is 2. The lowest BCUT2D eigenvalue weighted by Gasteiger charge is -2.29. The van der Waals surface area contributed by atoms with Crippen molar-refractivity contribution in [3.63, 3.8) is 0 Å². The first-order valence-corrected chi connectivity index (χ1v) is 12.5. The predicted octanol–water partition coefficient (Wildman–Crippen LogP) is 5.44. The number of benzene rings is 2. The number of methoxy groups -OCH3 is 1. The summed E-state index contributed by atoms with van der Waals surface area (Å²) in [5, 5.41) is 5.65. The van der Waals surface area contributed by atoms with Crippen LogP contribution in [0.1, 0.15) is 34.3 Å². The van der Waals surface area contributed by atoms with Crippen LogP contribution in [0.4, 0.5) is 31.9 Å². The van der Waals surface area contributed by atoms with Gasteiger partial charge in [-0.05, 0) is 61.2 Å². The van der Waals surface area contributed by atoms with Gasteiger partial charge in [0.1, 0.15) is 22.8 Å². The highest BCUT2D eigenvalue weighted by Crippen LogP contribution is 2.34. The van der Waals surface area contributed by atoms with Gasteiger partial charge in [-0.2, -0.15) is 4.98 Å². The van der Waals surface area contributed by atoms with E-state index in [4.69, 9.17) is 10.5 Å². The number of primary amides is 1. The summed E-state index contributed by atoms with van der Waals surface area (Å²) < 4.78 is 34.7. The summed E-state index contributed by atoms with van der Waals surface area (Å²) in [5.74, 6) is -2.05. The molecule has 0 saturated heterocycles. The Balaban J connectivity index is 1.63. The Morgan fingerprint density at radius 1 is 1.24 bits per heavy atom. The molecule has 1 aliphatic rings. The molecule has 0 saturated carbocycles. The highest BCUT2D eigenvalue weighted by Gasteiger charge is 2.21. The predicted molar refractivity (Wildman–Crippen MR) is 143 cm³/mol. The van der Waals surface area contributed by atoms with Crippen LogP contribution in [0.5, 0.6) is 5.75 Å². The molecule has 0 bridgehead atoms. The Morgan fingerprint density at radius 3 is 2.68 bits per heavy atom. The number of hydrogen-bond donors (Lipinski definition) is 3. The lowest BCUT2D eigenvalue weighted by atomic mass is 9.98. The van der Waals surface area contributed by atoms with Gasteiger partial charge in [0.05, 0.1) is 12.8 Å². The first kappa shape index (κ1) is 26.5. The molecule has 1 amide bonds. The van der Waals surface area contributed by atoms with E-state index in [0.717, 1.165) is 56.6 Å². The number of halogens is 3. The maximum absolute atomic E-state index is 14.4. The third kappa shape index (κ3) is 6.23. The van der Waals surface area contributed by atoms with Crippen molar-refractivity contribution in [2.24, 2.45) is 5.73 Å². The fourth-order valence-electron chi connectivity index (χ4n) is 4.18. The molecule has 0 fully saturated rings. The molecular weight excluding hydrogens is 546 g/mol. The second kappa shape index (κ2) is 11.7. The normalized spacial score (nSPS) is 13.1. The smallest absolute Gasteiger partial charge is 0.254 e. The second-order valence-electron chi connectivity index (χ2n) is 8.59. The Labute approximate surface area is 222 Å². The standard InChI is InChI=1S/C26H27BrF2N6O2/c1-3-4-5-7-35-8-6-15-10-22(37-2)21(9-16(15)14-35)32-26-31-13-18(24(30)36)25(34-26)33-23-19(28)11-17(27)12-20(23)29/h3,9-13H,1,4-8,14H2,2H3,(H2,30,36)(H2,31,32,33,34). The molecule has 0 atom stereocenters. The first-order valence-electron chi connectivity index (χ1n) is 11.7. The molecule has 1 aromatic heterocycles. The van der Waals surface area contributed by atoms with Gasteiger partial charge in [-0.1, -0.05) is 22.0 Å². The van der Waals surface area contributed by atoms with E-state index in [2.05, 4.69) is 48.0 Å². The number of nitrogens with zero attached hydrogens (tertiary/aromatic N) is 3. The molecule has 4 N–H and O–H groups in total. The van der Waals surface area contributed by atoms with Crippen LogP contribution in [0, 0.1) is 11.6 Å². The van der Waals surface area contributed by atoms with E-state index in [0.29, 0.717) is 11.4 Å². The van der Waals surface area contributed by atoms with Crippen molar-refractivity contribution in [3.05, 3.63) is 75.9 Å². The van der Waals surface area contributed by atoms with Gasteiger partial charge < -0.3 is 21.1 Å². The minimum Gasteiger partial charge on any atom is -0.495 e. The average molecular weight is 573 g/mol. The van der Waals surface area contributed by atoms with E-state index >= 15 is 0 Å². The van der Waals surface area contributed by atoms with Crippen molar-refractivity contribution in [1.29, 1.82) is 0 Å².